The van der Waals surface area contributed by atoms with Crippen LogP contribution >= 0.6 is 0 Å². The zero-order valence-corrected chi connectivity index (χ0v) is 17.3. The minimum atomic E-state index is 0.915. The Balaban J connectivity index is 1.67. The molecule has 29 heavy (non-hydrogen) atoms. The van der Waals surface area contributed by atoms with Crippen molar-refractivity contribution in [1.82, 2.24) is 0 Å². The number of unbranched alkanes of at least 4 members (excludes halogenated alkanes) is 5. The van der Waals surface area contributed by atoms with Gasteiger partial charge in [-0.3, -0.25) is 0 Å². The average molecular weight is 380 g/mol. The molecule has 5 aromatic rings. The van der Waals surface area contributed by atoms with Crippen LogP contribution in [0, 0.1) is 0 Å². The van der Waals surface area contributed by atoms with Gasteiger partial charge in [0.1, 0.15) is 0 Å². The molecule has 0 spiro atoms. The van der Waals surface area contributed by atoms with Gasteiger partial charge in [-0.15, -0.1) is 0 Å². The molecule has 0 saturated carbocycles. The maximum Gasteiger partial charge on any atom is 0.0397 e. The van der Waals surface area contributed by atoms with Crippen molar-refractivity contribution in [2.24, 2.45) is 0 Å². The van der Waals surface area contributed by atoms with E-state index in [4.69, 9.17) is 5.73 Å². The summed E-state index contributed by atoms with van der Waals surface area (Å²) < 4.78 is 0. The van der Waals surface area contributed by atoms with Crippen molar-refractivity contribution in [2.75, 3.05) is 5.73 Å². The Bertz CT molecular complexity index is 1250. The molecule has 0 aliphatic heterocycles. The summed E-state index contributed by atoms with van der Waals surface area (Å²) in [5.74, 6) is 0. The van der Waals surface area contributed by atoms with E-state index in [1.54, 1.807) is 0 Å². The molecule has 0 saturated heterocycles. The standard InChI is InChI=1S/C28H29N/c1-2-3-4-5-6-7-10-20-15-16-23-21-13-8-11-19-12-9-14-22(26(19)21)24-17-18-25(29)27(20)28(23)24/h8-9,11-18H,2-7,10,29H2,1H3. The Morgan fingerprint density at radius 1 is 0.586 bits per heavy atom. The van der Waals surface area contributed by atoms with Gasteiger partial charge in [0, 0.05) is 11.1 Å². The predicted octanol–water partition coefficient (Wildman–Crippen LogP) is 8.22. The zero-order chi connectivity index (χ0) is 19.8. The van der Waals surface area contributed by atoms with Gasteiger partial charge in [-0.2, -0.15) is 0 Å². The van der Waals surface area contributed by atoms with Crippen molar-refractivity contribution >= 4 is 48.8 Å². The molecule has 0 radical (unpaired) electrons. The molecule has 0 amide bonds. The molecule has 146 valence electrons. The van der Waals surface area contributed by atoms with Crippen LogP contribution in [-0.2, 0) is 6.42 Å². The maximum absolute atomic E-state index is 6.56. The van der Waals surface area contributed by atoms with E-state index in [0.717, 1.165) is 12.1 Å². The average Bonchev–Trinajstić information content (AvgIpc) is 2.75. The molecule has 0 aromatic heterocycles. The van der Waals surface area contributed by atoms with Crippen LogP contribution in [0.3, 0.4) is 0 Å². The van der Waals surface area contributed by atoms with Gasteiger partial charge < -0.3 is 5.73 Å². The molecule has 0 heterocycles. The predicted molar refractivity (Wildman–Crippen MR) is 129 cm³/mol. The number of nitrogens with two attached hydrogens (primary N) is 1. The van der Waals surface area contributed by atoms with Crippen LogP contribution < -0.4 is 5.73 Å². The zero-order valence-electron chi connectivity index (χ0n) is 17.3. The summed E-state index contributed by atoms with van der Waals surface area (Å²) in [7, 11) is 0. The second kappa shape index (κ2) is 7.55. The molecule has 0 aliphatic carbocycles. The second-order valence-corrected chi connectivity index (χ2v) is 8.45. The first-order valence-electron chi connectivity index (χ1n) is 11.2. The first-order chi connectivity index (χ1) is 14.3. The van der Waals surface area contributed by atoms with Crippen LogP contribution in [0.15, 0.2) is 60.7 Å². The molecule has 0 aliphatic rings. The van der Waals surface area contributed by atoms with E-state index in [9.17, 15) is 0 Å². The number of benzene rings is 5. The van der Waals surface area contributed by atoms with Crippen LogP contribution in [0.2, 0.25) is 0 Å². The third-order valence-electron chi connectivity index (χ3n) is 6.56. The molecule has 1 heteroatoms. The van der Waals surface area contributed by atoms with Gasteiger partial charge in [-0.25, -0.2) is 0 Å². The summed E-state index contributed by atoms with van der Waals surface area (Å²) in [6.07, 6.45) is 9.04. The molecule has 0 bridgehead atoms. The van der Waals surface area contributed by atoms with E-state index in [0.29, 0.717) is 0 Å². The molecule has 2 N–H and O–H groups in total. The van der Waals surface area contributed by atoms with E-state index >= 15 is 0 Å². The van der Waals surface area contributed by atoms with Gasteiger partial charge >= 0.3 is 0 Å². The first kappa shape index (κ1) is 18.2. The molecule has 5 aromatic carbocycles. The minimum Gasteiger partial charge on any atom is -0.398 e. The second-order valence-electron chi connectivity index (χ2n) is 8.45. The third-order valence-corrected chi connectivity index (χ3v) is 6.56. The number of hydrogen-bond donors (Lipinski definition) is 1. The number of aryl methyl sites for hydroxylation is 1. The highest BCUT2D eigenvalue weighted by molar-refractivity contribution is 6.34. The molecular formula is C28H29N. The van der Waals surface area contributed by atoms with Gasteiger partial charge in [0.2, 0.25) is 0 Å². The molecular weight excluding hydrogens is 350 g/mol. The summed E-state index contributed by atoms with van der Waals surface area (Å²) in [6, 6.07) is 22.3. The highest BCUT2D eigenvalue weighted by atomic mass is 14.6. The van der Waals surface area contributed by atoms with Gasteiger partial charge in [0.05, 0.1) is 0 Å². The number of hydrogen-bond acceptors (Lipinski definition) is 1. The van der Waals surface area contributed by atoms with Crippen molar-refractivity contribution < 1.29 is 0 Å². The van der Waals surface area contributed by atoms with Crippen molar-refractivity contribution in [3.05, 3.63) is 66.2 Å². The number of fused-ring (bicyclic) bond motifs is 2. The van der Waals surface area contributed by atoms with Crippen LogP contribution in [0.4, 0.5) is 5.69 Å². The van der Waals surface area contributed by atoms with E-state index in [2.05, 4.69) is 67.6 Å². The van der Waals surface area contributed by atoms with Crippen LogP contribution in [0.5, 0.6) is 0 Å². The van der Waals surface area contributed by atoms with Crippen LogP contribution in [-0.4, -0.2) is 0 Å². The van der Waals surface area contributed by atoms with Crippen molar-refractivity contribution in [3.63, 3.8) is 0 Å². The quantitative estimate of drug-likeness (QED) is 0.131. The van der Waals surface area contributed by atoms with E-state index in [-0.39, 0.29) is 0 Å². The van der Waals surface area contributed by atoms with Crippen LogP contribution in [0.1, 0.15) is 51.0 Å². The maximum atomic E-state index is 6.56. The normalized spacial score (nSPS) is 12.0. The highest BCUT2D eigenvalue weighted by Gasteiger charge is 2.15. The van der Waals surface area contributed by atoms with Gasteiger partial charge in [-0.1, -0.05) is 93.6 Å². The van der Waals surface area contributed by atoms with E-state index < -0.39 is 0 Å². The summed E-state index contributed by atoms with van der Waals surface area (Å²) in [4.78, 5) is 0. The fourth-order valence-corrected chi connectivity index (χ4v) is 5.14. The molecule has 1 nitrogen and oxygen atoms in total. The van der Waals surface area contributed by atoms with Crippen molar-refractivity contribution in [3.8, 4) is 0 Å². The monoisotopic (exact) mass is 379 g/mol. The van der Waals surface area contributed by atoms with Gasteiger partial charge in [-0.05, 0) is 62.2 Å². The number of anilines is 1. The number of nitrogen functional groups attached to an aromatic ring is 1. The lowest BCUT2D eigenvalue weighted by atomic mass is 9.87. The SMILES string of the molecule is CCCCCCCCc1ccc2c3cccc4cccc(c5ccc(N)c1c52)c43. The van der Waals surface area contributed by atoms with Gasteiger partial charge in [0.25, 0.3) is 0 Å². The lowest BCUT2D eigenvalue weighted by Gasteiger charge is -2.17. The molecule has 0 fully saturated rings. The van der Waals surface area contributed by atoms with Crippen molar-refractivity contribution in [1.29, 1.82) is 0 Å². The highest BCUT2D eigenvalue weighted by Crippen LogP contribution is 2.42. The summed E-state index contributed by atoms with van der Waals surface area (Å²) in [5, 5.41) is 10.7. The minimum absolute atomic E-state index is 0.915. The third kappa shape index (κ3) is 3.00. The summed E-state index contributed by atoms with van der Waals surface area (Å²) >= 11 is 0. The molecule has 0 unspecified atom stereocenters. The smallest absolute Gasteiger partial charge is 0.0397 e. The Labute approximate surface area is 172 Å². The van der Waals surface area contributed by atoms with Crippen LogP contribution in [0.25, 0.3) is 43.1 Å². The Morgan fingerprint density at radius 3 is 1.93 bits per heavy atom. The van der Waals surface area contributed by atoms with Gasteiger partial charge in [0.15, 0.2) is 0 Å². The number of rotatable bonds is 7. The van der Waals surface area contributed by atoms with E-state index in [1.165, 1.54) is 87.2 Å². The Hall–Kier alpha value is -2.80. The Kier molecular flexibility index (Phi) is 4.75. The summed E-state index contributed by atoms with van der Waals surface area (Å²) in [5.41, 5.74) is 8.88. The largest absolute Gasteiger partial charge is 0.398 e. The van der Waals surface area contributed by atoms with E-state index in [1.807, 2.05) is 0 Å². The topological polar surface area (TPSA) is 26.0 Å². The lowest BCUT2D eigenvalue weighted by Crippen LogP contribution is -1.96. The molecule has 5 rings (SSSR count). The summed E-state index contributed by atoms with van der Waals surface area (Å²) in [6.45, 7) is 2.27. The Morgan fingerprint density at radius 2 is 1.21 bits per heavy atom. The van der Waals surface area contributed by atoms with Crippen molar-refractivity contribution in [2.45, 2.75) is 51.9 Å². The fraction of sp³-hybridized carbons (Fsp3) is 0.286. The fourth-order valence-electron chi connectivity index (χ4n) is 5.14. The first-order valence-corrected chi connectivity index (χ1v) is 11.2. The molecule has 0 atom stereocenters. The lowest BCUT2D eigenvalue weighted by molar-refractivity contribution is 0.608.